The van der Waals surface area contributed by atoms with Crippen molar-refractivity contribution in [3.05, 3.63) is 170 Å². The van der Waals surface area contributed by atoms with Gasteiger partial charge in [-0.25, -0.2) is 9.97 Å². The highest BCUT2D eigenvalue weighted by atomic mass is 15.1. The highest BCUT2D eigenvalue weighted by molar-refractivity contribution is 6.21. The molecule has 8 aromatic carbocycles. The number of aromatic nitrogens is 4. The summed E-state index contributed by atoms with van der Waals surface area (Å²) in [5.74, 6) is 0.821. The summed E-state index contributed by atoms with van der Waals surface area (Å²) < 4.78 is 4.72. The molecule has 0 unspecified atom stereocenters. The van der Waals surface area contributed by atoms with E-state index in [1.807, 2.05) is 24.3 Å². The predicted molar refractivity (Wildman–Crippen MR) is 209 cm³/mol. The van der Waals surface area contributed by atoms with E-state index in [2.05, 4.69) is 155 Å². The number of rotatable bonds is 3. The predicted octanol–water partition coefficient (Wildman–Crippen LogP) is 11.8. The smallest absolute Gasteiger partial charge is 0.165 e. The fourth-order valence-corrected chi connectivity index (χ4v) is 8.02. The third-order valence-corrected chi connectivity index (χ3v) is 10.3. The molecule has 0 saturated carbocycles. The average molecular weight is 637 g/mol. The number of nitrogens with zero attached hydrogens (tertiary/aromatic N) is 4. The maximum atomic E-state index is 5.35. The number of hydrogen-bond acceptors (Lipinski definition) is 2. The minimum atomic E-state index is 0.821. The van der Waals surface area contributed by atoms with Crippen molar-refractivity contribution in [2.45, 2.75) is 0 Å². The van der Waals surface area contributed by atoms with Crippen LogP contribution in [-0.2, 0) is 0 Å². The van der Waals surface area contributed by atoms with Gasteiger partial charge in [0.05, 0.1) is 33.1 Å². The first-order valence-corrected chi connectivity index (χ1v) is 17.0. The van der Waals surface area contributed by atoms with E-state index >= 15 is 0 Å². The molecule has 0 spiro atoms. The van der Waals surface area contributed by atoms with Gasteiger partial charge in [-0.1, -0.05) is 115 Å². The zero-order valence-corrected chi connectivity index (χ0v) is 27.0. The Balaban J connectivity index is 1.21. The summed E-state index contributed by atoms with van der Waals surface area (Å²) in [5, 5.41) is 9.79. The molecular formula is C46H28N4. The van der Waals surface area contributed by atoms with Gasteiger partial charge < -0.3 is 4.57 Å². The van der Waals surface area contributed by atoms with Gasteiger partial charge >= 0.3 is 0 Å². The topological polar surface area (TPSA) is 35.6 Å². The van der Waals surface area contributed by atoms with Crippen LogP contribution in [0.2, 0.25) is 0 Å². The number of hydrogen-bond donors (Lipinski definition) is 0. The number of fused-ring (bicyclic) bond motifs is 10. The zero-order valence-electron chi connectivity index (χ0n) is 27.0. The molecule has 11 aromatic rings. The standard InChI is InChI=1S/C46H28N4/c1-2-13-31-27-32(22-21-29(31)11-1)45-46(48-39-18-8-7-17-38(39)47-45)50-40-19-9-5-15-35(40)37-28-33(24-26-42(37)50)49-41-20-10-6-16-36(41)44-34-14-4-3-12-30(34)23-25-43(44)49/h1-28H. The lowest BCUT2D eigenvalue weighted by atomic mass is 10.0. The van der Waals surface area contributed by atoms with E-state index < -0.39 is 0 Å². The Morgan fingerprint density at radius 3 is 1.80 bits per heavy atom. The second-order valence-electron chi connectivity index (χ2n) is 13.0. The quantitative estimate of drug-likeness (QED) is 0.193. The van der Waals surface area contributed by atoms with E-state index in [9.17, 15) is 0 Å². The monoisotopic (exact) mass is 636 g/mol. The van der Waals surface area contributed by atoms with E-state index in [0.29, 0.717) is 0 Å². The molecule has 0 fully saturated rings. The minimum Gasteiger partial charge on any atom is -0.309 e. The third-order valence-electron chi connectivity index (χ3n) is 10.3. The molecule has 3 heterocycles. The molecule has 0 bridgehead atoms. The second kappa shape index (κ2) is 10.4. The van der Waals surface area contributed by atoms with Gasteiger partial charge in [0.25, 0.3) is 0 Å². The fourth-order valence-electron chi connectivity index (χ4n) is 8.02. The van der Waals surface area contributed by atoms with Gasteiger partial charge in [-0.05, 0) is 76.1 Å². The minimum absolute atomic E-state index is 0.821. The number of para-hydroxylation sites is 4. The molecule has 4 heteroatoms. The highest BCUT2D eigenvalue weighted by Crippen LogP contribution is 2.40. The van der Waals surface area contributed by atoms with E-state index in [1.54, 1.807) is 0 Å². The van der Waals surface area contributed by atoms with Crippen LogP contribution in [0.4, 0.5) is 0 Å². The molecule has 0 aliphatic rings. The molecule has 0 atom stereocenters. The molecule has 0 radical (unpaired) electrons. The third kappa shape index (κ3) is 3.87. The summed E-state index contributed by atoms with van der Waals surface area (Å²) in [7, 11) is 0. The molecule has 0 aliphatic heterocycles. The van der Waals surface area contributed by atoms with Crippen LogP contribution in [0.5, 0.6) is 0 Å². The van der Waals surface area contributed by atoms with Crippen LogP contribution in [0, 0.1) is 0 Å². The van der Waals surface area contributed by atoms with Gasteiger partial charge in [-0.15, -0.1) is 0 Å². The Labute approximate surface area is 287 Å². The van der Waals surface area contributed by atoms with Crippen molar-refractivity contribution in [3.63, 3.8) is 0 Å². The summed E-state index contributed by atoms with van der Waals surface area (Å²) in [6, 6.07) is 60.7. The Bertz CT molecular complexity index is 3160. The van der Waals surface area contributed by atoms with Crippen molar-refractivity contribution >= 4 is 76.2 Å². The fraction of sp³-hybridized carbons (Fsp3) is 0. The summed E-state index contributed by atoms with van der Waals surface area (Å²) in [5.41, 5.74) is 9.35. The van der Waals surface area contributed by atoms with E-state index in [4.69, 9.17) is 9.97 Å². The summed E-state index contributed by atoms with van der Waals surface area (Å²) in [6.45, 7) is 0. The van der Waals surface area contributed by atoms with Crippen LogP contribution in [-0.4, -0.2) is 19.1 Å². The molecular weight excluding hydrogens is 609 g/mol. The van der Waals surface area contributed by atoms with Crippen LogP contribution in [0.25, 0.3) is 99.0 Å². The molecule has 0 N–H and O–H groups in total. The molecule has 232 valence electrons. The SMILES string of the molecule is c1ccc2cc(-c3nc4ccccc4nc3-n3c4ccccc4c4cc(-n5c6ccccc6c6c7ccccc7ccc65)ccc43)ccc2c1. The Hall–Kier alpha value is -6.78. The van der Waals surface area contributed by atoms with Gasteiger partial charge in [0, 0.05) is 32.8 Å². The first-order valence-electron chi connectivity index (χ1n) is 17.0. The van der Waals surface area contributed by atoms with Crippen LogP contribution in [0.3, 0.4) is 0 Å². The molecule has 0 saturated heterocycles. The van der Waals surface area contributed by atoms with Crippen molar-refractivity contribution in [1.82, 2.24) is 19.1 Å². The Kier molecular flexibility index (Phi) is 5.63. The van der Waals surface area contributed by atoms with Crippen molar-refractivity contribution < 1.29 is 0 Å². The Morgan fingerprint density at radius 2 is 0.960 bits per heavy atom. The molecule has 0 aliphatic carbocycles. The van der Waals surface area contributed by atoms with Gasteiger partial charge in [-0.3, -0.25) is 4.57 Å². The first-order chi connectivity index (χ1) is 24.8. The lowest BCUT2D eigenvalue weighted by Gasteiger charge is -2.14. The highest BCUT2D eigenvalue weighted by Gasteiger charge is 2.21. The van der Waals surface area contributed by atoms with E-state index in [0.717, 1.165) is 44.8 Å². The normalized spacial score (nSPS) is 12.0. The van der Waals surface area contributed by atoms with Crippen LogP contribution >= 0.6 is 0 Å². The van der Waals surface area contributed by atoms with Gasteiger partial charge in [0.2, 0.25) is 0 Å². The average Bonchev–Trinajstić information content (AvgIpc) is 3.70. The van der Waals surface area contributed by atoms with Crippen molar-refractivity contribution in [2.75, 3.05) is 0 Å². The summed E-state index contributed by atoms with van der Waals surface area (Å²) in [4.78, 5) is 10.6. The second-order valence-corrected chi connectivity index (χ2v) is 13.0. The van der Waals surface area contributed by atoms with Gasteiger partial charge in [0.15, 0.2) is 5.82 Å². The van der Waals surface area contributed by atoms with Gasteiger partial charge in [0.1, 0.15) is 5.69 Å². The van der Waals surface area contributed by atoms with E-state index in [-0.39, 0.29) is 0 Å². The summed E-state index contributed by atoms with van der Waals surface area (Å²) >= 11 is 0. The lowest BCUT2D eigenvalue weighted by Crippen LogP contribution is -2.04. The van der Waals surface area contributed by atoms with E-state index in [1.165, 1.54) is 54.1 Å². The zero-order chi connectivity index (χ0) is 32.8. The van der Waals surface area contributed by atoms with Crippen LogP contribution in [0.15, 0.2) is 170 Å². The largest absolute Gasteiger partial charge is 0.309 e. The lowest BCUT2D eigenvalue weighted by molar-refractivity contribution is 1.08. The molecule has 0 amide bonds. The first kappa shape index (κ1) is 27.2. The molecule has 3 aromatic heterocycles. The maximum absolute atomic E-state index is 5.35. The van der Waals surface area contributed by atoms with Crippen molar-refractivity contribution in [2.24, 2.45) is 0 Å². The van der Waals surface area contributed by atoms with Crippen molar-refractivity contribution in [1.29, 1.82) is 0 Å². The molecule has 4 nitrogen and oxygen atoms in total. The molecule has 11 rings (SSSR count). The molecule has 50 heavy (non-hydrogen) atoms. The van der Waals surface area contributed by atoms with Crippen LogP contribution in [0.1, 0.15) is 0 Å². The number of benzene rings is 8. The van der Waals surface area contributed by atoms with Crippen LogP contribution < -0.4 is 0 Å². The Morgan fingerprint density at radius 1 is 0.360 bits per heavy atom. The summed E-state index contributed by atoms with van der Waals surface area (Å²) in [6.07, 6.45) is 0. The van der Waals surface area contributed by atoms with Gasteiger partial charge in [-0.2, -0.15) is 0 Å². The van der Waals surface area contributed by atoms with Crippen molar-refractivity contribution in [3.8, 4) is 22.8 Å². The maximum Gasteiger partial charge on any atom is 0.165 e.